The summed E-state index contributed by atoms with van der Waals surface area (Å²) < 4.78 is 33.6. The first kappa shape index (κ1) is 16.5. The van der Waals surface area contributed by atoms with Crippen LogP contribution in [0.4, 0.5) is 0 Å². The third-order valence-corrected chi connectivity index (χ3v) is 6.31. The van der Waals surface area contributed by atoms with Crippen molar-refractivity contribution in [2.24, 2.45) is 7.05 Å². The van der Waals surface area contributed by atoms with E-state index in [1.807, 2.05) is 4.90 Å². The molecule has 2 fully saturated rings. The average molecular weight is 341 g/mol. The Morgan fingerprint density at radius 1 is 1.09 bits per heavy atom. The normalized spacial score (nSPS) is 20.7. The lowest BCUT2D eigenvalue weighted by atomic mass is 10.1. The van der Waals surface area contributed by atoms with Crippen LogP contribution in [0.25, 0.3) is 0 Å². The molecule has 0 bridgehead atoms. The van der Waals surface area contributed by atoms with Gasteiger partial charge in [0.15, 0.2) is 0 Å². The summed E-state index contributed by atoms with van der Waals surface area (Å²) in [5.74, 6) is -0.0874. The first-order valence-corrected chi connectivity index (χ1v) is 9.48. The first-order valence-electron chi connectivity index (χ1n) is 8.04. The fourth-order valence-corrected chi connectivity index (χ4v) is 4.56. The molecule has 2 saturated heterocycles. The van der Waals surface area contributed by atoms with Crippen molar-refractivity contribution in [2.45, 2.75) is 24.2 Å². The summed E-state index contributed by atoms with van der Waals surface area (Å²) in [5.41, 5.74) is 0.429. The second-order valence-corrected chi connectivity index (χ2v) is 7.98. The van der Waals surface area contributed by atoms with Gasteiger partial charge in [-0.15, -0.1) is 0 Å². The summed E-state index contributed by atoms with van der Waals surface area (Å²) in [6.07, 6.45) is 4.69. The summed E-state index contributed by atoms with van der Waals surface area (Å²) in [7, 11) is -1.85. The van der Waals surface area contributed by atoms with Crippen LogP contribution in [0.15, 0.2) is 17.2 Å². The largest absolute Gasteiger partial charge is 0.379 e. The summed E-state index contributed by atoms with van der Waals surface area (Å²) in [6.45, 7) is 3.02. The Balaban J connectivity index is 1.83. The Kier molecular flexibility index (Phi) is 4.74. The quantitative estimate of drug-likeness (QED) is 0.810. The van der Waals surface area contributed by atoms with Crippen molar-refractivity contribution in [1.82, 2.24) is 13.8 Å². The lowest BCUT2D eigenvalue weighted by molar-refractivity contribution is 0.0714. The van der Waals surface area contributed by atoms with Crippen molar-refractivity contribution in [3.05, 3.63) is 18.0 Å². The number of sulfonamides is 1. The molecule has 0 aliphatic carbocycles. The van der Waals surface area contributed by atoms with Crippen molar-refractivity contribution < 1.29 is 17.9 Å². The molecule has 3 heterocycles. The fourth-order valence-electron chi connectivity index (χ4n) is 3.08. The monoisotopic (exact) mass is 341 g/mol. The van der Waals surface area contributed by atoms with Crippen molar-refractivity contribution in [1.29, 1.82) is 0 Å². The molecule has 0 atom stereocenters. The molecular weight excluding hydrogens is 318 g/mol. The average Bonchev–Trinajstić information content (AvgIpc) is 2.98. The zero-order valence-corrected chi connectivity index (χ0v) is 14.2. The van der Waals surface area contributed by atoms with Crippen LogP contribution < -0.4 is 0 Å². The van der Waals surface area contributed by atoms with Gasteiger partial charge < -0.3 is 14.2 Å². The standard InChI is InChI=1S/C15H23N3O4S/c1-16-12-13(23(20,21)18-7-9-22-10-8-18)11-14(16)15(19)17-5-3-2-4-6-17/h11-12H,2-10H2,1H3. The molecule has 1 aromatic heterocycles. The third-order valence-electron chi connectivity index (χ3n) is 4.45. The number of aromatic nitrogens is 1. The molecule has 0 unspecified atom stereocenters. The summed E-state index contributed by atoms with van der Waals surface area (Å²) in [4.78, 5) is 14.6. The molecule has 23 heavy (non-hydrogen) atoms. The summed E-state index contributed by atoms with van der Waals surface area (Å²) >= 11 is 0. The van der Waals surface area contributed by atoms with Gasteiger partial charge in [-0.1, -0.05) is 0 Å². The molecule has 3 rings (SSSR count). The molecule has 2 aliphatic rings. The zero-order valence-electron chi connectivity index (χ0n) is 13.4. The lowest BCUT2D eigenvalue weighted by Crippen LogP contribution is -2.40. The summed E-state index contributed by atoms with van der Waals surface area (Å²) in [5, 5.41) is 0. The maximum absolute atomic E-state index is 12.7. The number of piperidine rings is 1. The van der Waals surface area contributed by atoms with Gasteiger partial charge in [0.1, 0.15) is 10.6 Å². The Bertz CT molecular complexity index is 671. The number of hydrogen-bond donors (Lipinski definition) is 0. The van der Waals surface area contributed by atoms with Crippen LogP contribution in [0.1, 0.15) is 29.8 Å². The van der Waals surface area contributed by atoms with Crippen LogP contribution in [-0.4, -0.2) is 67.5 Å². The number of carbonyl (C=O) groups excluding carboxylic acids is 1. The molecule has 8 heteroatoms. The van der Waals surface area contributed by atoms with Crippen LogP contribution in [-0.2, 0) is 21.8 Å². The summed E-state index contributed by atoms with van der Waals surface area (Å²) in [6, 6.07) is 1.50. The van der Waals surface area contributed by atoms with Gasteiger partial charge in [0, 0.05) is 39.4 Å². The van der Waals surface area contributed by atoms with Gasteiger partial charge in [-0.3, -0.25) is 4.79 Å². The van der Waals surface area contributed by atoms with E-state index < -0.39 is 10.0 Å². The Hall–Kier alpha value is -1.38. The van der Waals surface area contributed by atoms with E-state index in [-0.39, 0.29) is 10.8 Å². The minimum Gasteiger partial charge on any atom is -0.379 e. The van der Waals surface area contributed by atoms with E-state index in [4.69, 9.17) is 4.74 Å². The number of carbonyl (C=O) groups is 1. The van der Waals surface area contributed by atoms with E-state index in [9.17, 15) is 13.2 Å². The number of amides is 1. The van der Waals surface area contributed by atoms with E-state index in [1.54, 1.807) is 11.6 Å². The number of rotatable bonds is 3. The van der Waals surface area contributed by atoms with Crippen LogP contribution in [0.3, 0.4) is 0 Å². The number of likely N-dealkylation sites (tertiary alicyclic amines) is 1. The van der Waals surface area contributed by atoms with Crippen molar-refractivity contribution in [3.63, 3.8) is 0 Å². The van der Waals surface area contributed by atoms with Gasteiger partial charge in [-0.2, -0.15) is 4.31 Å². The highest BCUT2D eigenvalue weighted by Crippen LogP contribution is 2.21. The minimum atomic E-state index is -3.57. The highest BCUT2D eigenvalue weighted by Gasteiger charge is 2.30. The third kappa shape index (κ3) is 3.29. The van der Waals surface area contributed by atoms with Gasteiger partial charge in [0.2, 0.25) is 10.0 Å². The molecule has 128 valence electrons. The van der Waals surface area contributed by atoms with E-state index in [0.717, 1.165) is 32.4 Å². The van der Waals surface area contributed by atoms with Crippen LogP contribution >= 0.6 is 0 Å². The van der Waals surface area contributed by atoms with Crippen molar-refractivity contribution in [2.75, 3.05) is 39.4 Å². The number of morpholine rings is 1. The number of aryl methyl sites for hydroxylation is 1. The Morgan fingerprint density at radius 3 is 2.39 bits per heavy atom. The highest BCUT2D eigenvalue weighted by atomic mass is 32.2. The number of hydrogen-bond acceptors (Lipinski definition) is 4. The lowest BCUT2D eigenvalue weighted by Gasteiger charge is -2.26. The zero-order chi connectivity index (χ0) is 16.4. The van der Waals surface area contributed by atoms with Crippen LogP contribution in [0.2, 0.25) is 0 Å². The second-order valence-electron chi connectivity index (χ2n) is 6.04. The molecule has 1 amide bonds. The van der Waals surface area contributed by atoms with Crippen molar-refractivity contribution in [3.8, 4) is 0 Å². The maximum atomic E-state index is 12.7. The molecule has 0 saturated carbocycles. The van der Waals surface area contributed by atoms with Gasteiger partial charge in [0.05, 0.1) is 13.2 Å². The van der Waals surface area contributed by atoms with E-state index in [1.165, 1.54) is 16.6 Å². The molecule has 2 aliphatic heterocycles. The van der Waals surface area contributed by atoms with Gasteiger partial charge in [0.25, 0.3) is 5.91 Å². The SMILES string of the molecule is Cn1cc(S(=O)(=O)N2CCOCC2)cc1C(=O)N1CCCCC1. The molecule has 0 aromatic carbocycles. The number of nitrogens with zero attached hydrogens (tertiary/aromatic N) is 3. The topological polar surface area (TPSA) is 71.9 Å². The predicted molar refractivity (Wildman–Crippen MR) is 84.7 cm³/mol. The highest BCUT2D eigenvalue weighted by molar-refractivity contribution is 7.89. The first-order chi connectivity index (χ1) is 11.0. The van der Waals surface area contributed by atoms with E-state index in [2.05, 4.69) is 0 Å². The smallest absolute Gasteiger partial charge is 0.270 e. The second kappa shape index (κ2) is 6.62. The van der Waals surface area contributed by atoms with Crippen LogP contribution in [0.5, 0.6) is 0 Å². The fraction of sp³-hybridized carbons (Fsp3) is 0.667. The molecule has 0 N–H and O–H groups in total. The molecular formula is C15H23N3O4S. The van der Waals surface area contributed by atoms with Gasteiger partial charge in [-0.05, 0) is 25.3 Å². The van der Waals surface area contributed by atoms with Gasteiger partial charge >= 0.3 is 0 Å². The van der Waals surface area contributed by atoms with Crippen molar-refractivity contribution >= 4 is 15.9 Å². The molecule has 0 radical (unpaired) electrons. The van der Waals surface area contributed by atoms with E-state index >= 15 is 0 Å². The molecule has 1 aromatic rings. The van der Waals surface area contributed by atoms with E-state index in [0.29, 0.717) is 32.0 Å². The predicted octanol–water partition coefficient (Wildman–Crippen LogP) is 0.672. The maximum Gasteiger partial charge on any atom is 0.270 e. The number of ether oxygens (including phenoxy) is 1. The van der Waals surface area contributed by atoms with Crippen LogP contribution in [0, 0.1) is 0 Å². The Morgan fingerprint density at radius 2 is 1.74 bits per heavy atom. The molecule has 7 nitrogen and oxygen atoms in total. The molecule has 0 spiro atoms. The minimum absolute atomic E-state index is 0.0874. The van der Waals surface area contributed by atoms with Gasteiger partial charge in [-0.25, -0.2) is 8.42 Å². The Labute approximate surface area is 136 Å².